The Kier molecular flexibility index (Phi) is 4.59. The molecule has 112 valence electrons. The van der Waals surface area contributed by atoms with Gasteiger partial charge in [-0.25, -0.2) is 0 Å². The van der Waals surface area contributed by atoms with Crippen molar-refractivity contribution in [2.24, 2.45) is 5.41 Å². The first kappa shape index (κ1) is 14.8. The molecule has 2 rings (SSSR count). The van der Waals surface area contributed by atoms with Gasteiger partial charge in [0, 0.05) is 13.1 Å². The molecule has 1 aromatic heterocycles. The van der Waals surface area contributed by atoms with Gasteiger partial charge in [0.15, 0.2) is 0 Å². The summed E-state index contributed by atoms with van der Waals surface area (Å²) in [6.45, 7) is 9.91. The molecule has 7 heteroatoms. The molecule has 2 heterocycles. The van der Waals surface area contributed by atoms with E-state index in [4.69, 9.17) is 15.2 Å². The molecule has 1 aliphatic heterocycles. The van der Waals surface area contributed by atoms with E-state index in [0.717, 1.165) is 19.5 Å². The number of ether oxygens (including phenoxy) is 2. The van der Waals surface area contributed by atoms with Crippen LogP contribution in [-0.4, -0.2) is 47.9 Å². The Morgan fingerprint density at radius 1 is 1.20 bits per heavy atom. The van der Waals surface area contributed by atoms with Crippen LogP contribution in [0.5, 0.6) is 6.01 Å². The normalized spacial score (nSPS) is 16.2. The van der Waals surface area contributed by atoms with Gasteiger partial charge in [-0.1, -0.05) is 20.8 Å². The van der Waals surface area contributed by atoms with E-state index in [1.807, 2.05) is 4.90 Å². The molecule has 0 amide bonds. The van der Waals surface area contributed by atoms with E-state index in [0.29, 0.717) is 31.8 Å². The smallest absolute Gasteiger partial charge is 0.323 e. The number of nitrogen functional groups attached to an aromatic ring is 1. The van der Waals surface area contributed by atoms with Crippen molar-refractivity contribution in [3.05, 3.63) is 0 Å². The molecule has 0 saturated carbocycles. The van der Waals surface area contributed by atoms with E-state index in [2.05, 4.69) is 35.7 Å². The molecular formula is C13H23N5O2. The van der Waals surface area contributed by atoms with E-state index < -0.39 is 0 Å². The van der Waals surface area contributed by atoms with Crippen LogP contribution >= 0.6 is 0 Å². The minimum Gasteiger partial charge on any atom is -0.463 e. The van der Waals surface area contributed by atoms with Gasteiger partial charge >= 0.3 is 6.01 Å². The third-order valence-electron chi connectivity index (χ3n) is 3.00. The third kappa shape index (κ3) is 4.48. The summed E-state index contributed by atoms with van der Waals surface area (Å²) in [6, 6.07) is 0.295. The highest BCUT2D eigenvalue weighted by molar-refractivity contribution is 5.36. The van der Waals surface area contributed by atoms with E-state index in [1.165, 1.54) is 0 Å². The van der Waals surface area contributed by atoms with Crippen molar-refractivity contribution in [3.63, 3.8) is 0 Å². The number of aromatic nitrogens is 3. The molecule has 0 bridgehead atoms. The number of anilines is 2. The number of morpholine rings is 1. The van der Waals surface area contributed by atoms with Crippen molar-refractivity contribution in [1.29, 1.82) is 0 Å². The fourth-order valence-electron chi connectivity index (χ4n) is 1.78. The summed E-state index contributed by atoms with van der Waals surface area (Å²) in [6.07, 6.45) is 0.922. The molecule has 2 N–H and O–H groups in total. The van der Waals surface area contributed by atoms with Gasteiger partial charge in [-0.05, 0) is 11.8 Å². The van der Waals surface area contributed by atoms with Crippen LogP contribution < -0.4 is 15.4 Å². The molecule has 0 radical (unpaired) electrons. The number of hydrogen-bond donors (Lipinski definition) is 1. The Morgan fingerprint density at radius 2 is 1.90 bits per heavy atom. The Morgan fingerprint density at radius 3 is 2.55 bits per heavy atom. The maximum absolute atomic E-state index is 5.72. The Hall–Kier alpha value is -1.63. The van der Waals surface area contributed by atoms with Crippen molar-refractivity contribution in [2.45, 2.75) is 27.2 Å². The molecular weight excluding hydrogens is 258 g/mol. The quantitative estimate of drug-likeness (QED) is 0.884. The summed E-state index contributed by atoms with van der Waals surface area (Å²) in [4.78, 5) is 14.5. The largest absolute Gasteiger partial charge is 0.463 e. The molecule has 0 unspecified atom stereocenters. The predicted molar refractivity (Wildman–Crippen MR) is 76.8 cm³/mol. The minimum atomic E-state index is 0.187. The second-order valence-corrected chi connectivity index (χ2v) is 6.03. The molecule has 0 spiro atoms. The zero-order valence-electron chi connectivity index (χ0n) is 12.4. The maximum atomic E-state index is 5.72. The van der Waals surface area contributed by atoms with Crippen LogP contribution in [0.4, 0.5) is 11.9 Å². The van der Waals surface area contributed by atoms with Crippen molar-refractivity contribution in [2.75, 3.05) is 43.5 Å². The summed E-state index contributed by atoms with van der Waals surface area (Å²) < 4.78 is 10.9. The SMILES string of the molecule is CC(C)(C)CCOc1nc(N)nc(N2CCOCC2)n1. The third-order valence-corrected chi connectivity index (χ3v) is 3.00. The number of rotatable bonds is 4. The van der Waals surface area contributed by atoms with E-state index in [9.17, 15) is 0 Å². The van der Waals surface area contributed by atoms with Crippen molar-refractivity contribution in [1.82, 2.24) is 15.0 Å². The Bertz CT molecular complexity index is 441. The minimum absolute atomic E-state index is 0.187. The van der Waals surface area contributed by atoms with Gasteiger partial charge in [-0.3, -0.25) is 0 Å². The first-order valence-electron chi connectivity index (χ1n) is 6.91. The van der Waals surface area contributed by atoms with Gasteiger partial charge in [0.1, 0.15) is 0 Å². The average molecular weight is 281 g/mol. The summed E-state index contributed by atoms with van der Waals surface area (Å²) >= 11 is 0. The summed E-state index contributed by atoms with van der Waals surface area (Å²) in [7, 11) is 0. The lowest BCUT2D eigenvalue weighted by Crippen LogP contribution is -2.37. The molecule has 1 aliphatic rings. The highest BCUT2D eigenvalue weighted by Gasteiger charge is 2.17. The Labute approximate surface area is 119 Å². The molecule has 20 heavy (non-hydrogen) atoms. The van der Waals surface area contributed by atoms with Gasteiger partial charge in [0.25, 0.3) is 0 Å². The van der Waals surface area contributed by atoms with Crippen molar-refractivity contribution in [3.8, 4) is 6.01 Å². The molecule has 1 fully saturated rings. The second kappa shape index (κ2) is 6.21. The van der Waals surface area contributed by atoms with Crippen LogP contribution in [0.25, 0.3) is 0 Å². The second-order valence-electron chi connectivity index (χ2n) is 6.03. The molecule has 0 aromatic carbocycles. The van der Waals surface area contributed by atoms with E-state index in [-0.39, 0.29) is 11.4 Å². The lowest BCUT2D eigenvalue weighted by atomic mass is 9.93. The lowest BCUT2D eigenvalue weighted by Gasteiger charge is -2.26. The highest BCUT2D eigenvalue weighted by Crippen LogP contribution is 2.19. The van der Waals surface area contributed by atoms with Crippen LogP contribution in [0, 0.1) is 5.41 Å². The highest BCUT2D eigenvalue weighted by atomic mass is 16.5. The van der Waals surface area contributed by atoms with Gasteiger partial charge < -0.3 is 20.1 Å². The van der Waals surface area contributed by atoms with Crippen LogP contribution in [0.3, 0.4) is 0 Å². The van der Waals surface area contributed by atoms with Gasteiger partial charge in [0.05, 0.1) is 19.8 Å². The zero-order chi connectivity index (χ0) is 14.6. The fourth-order valence-corrected chi connectivity index (χ4v) is 1.78. The van der Waals surface area contributed by atoms with Crippen LogP contribution in [0.1, 0.15) is 27.2 Å². The van der Waals surface area contributed by atoms with Crippen LogP contribution in [0.15, 0.2) is 0 Å². The number of nitrogens with two attached hydrogens (primary N) is 1. The van der Waals surface area contributed by atoms with E-state index >= 15 is 0 Å². The average Bonchev–Trinajstić information content (AvgIpc) is 2.37. The lowest BCUT2D eigenvalue weighted by molar-refractivity contribution is 0.122. The van der Waals surface area contributed by atoms with Crippen LogP contribution in [-0.2, 0) is 4.74 Å². The Balaban J connectivity index is 2.00. The standard InChI is InChI=1S/C13H23N5O2/c1-13(2,3)4-7-20-12-16-10(14)15-11(17-12)18-5-8-19-9-6-18/h4-9H2,1-3H3,(H2,14,15,16,17). The van der Waals surface area contributed by atoms with Gasteiger partial charge in [-0.15, -0.1) is 0 Å². The first-order chi connectivity index (χ1) is 9.44. The first-order valence-corrected chi connectivity index (χ1v) is 6.91. The monoisotopic (exact) mass is 281 g/mol. The van der Waals surface area contributed by atoms with Gasteiger partial charge in [0.2, 0.25) is 11.9 Å². The zero-order valence-corrected chi connectivity index (χ0v) is 12.4. The molecule has 1 saturated heterocycles. The molecule has 0 atom stereocenters. The molecule has 7 nitrogen and oxygen atoms in total. The summed E-state index contributed by atoms with van der Waals surface area (Å²) in [5.74, 6) is 0.749. The molecule has 1 aromatic rings. The van der Waals surface area contributed by atoms with Crippen LogP contribution in [0.2, 0.25) is 0 Å². The molecule has 0 aliphatic carbocycles. The topological polar surface area (TPSA) is 86.4 Å². The predicted octanol–water partition coefficient (Wildman–Crippen LogP) is 1.11. The summed E-state index contributed by atoms with van der Waals surface area (Å²) in [5.41, 5.74) is 5.94. The number of nitrogens with zero attached hydrogens (tertiary/aromatic N) is 4. The van der Waals surface area contributed by atoms with Crippen molar-refractivity contribution < 1.29 is 9.47 Å². The van der Waals surface area contributed by atoms with Crippen molar-refractivity contribution >= 4 is 11.9 Å². The fraction of sp³-hybridized carbons (Fsp3) is 0.769. The van der Waals surface area contributed by atoms with Gasteiger partial charge in [-0.2, -0.15) is 15.0 Å². The maximum Gasteiger partial charge on any atom is 0.323 e. The number of hydrogen-bond acceptors (Lipinski definition) is 7. The summed E-state index contributed by atoms with van der Waals surface area (Å²) in [5, 5.41) is 0. The van der Waals surface area contributed by atoms with E-state index in [1.54, 1.807) is 0 Å².